The van der Waals surface area contributed by atoms with Crippen molar-refractivity contribution in [1.82, 2.24) is 5.32 Å². The molecule has 0 aliphatic carbocycles. The molecule has 24 heavy (non-hydrogen) atoms. The van der Waals surface area contributed by atoms with Crippen LogP contribution in [0.3, 0.4) is 0 Å². The van der Waals surface area contributed by atoms with Crippen LogP contribution in [0.2, 0.25) is 0 Å². The van der Waals surface area contributed by atoms with Crippen LogP contribution in [0.15, 0.2) is 54.6 Å². The van der Waals surface area contributed by atoms with E-state index in [0.29, 0.717) is 12.3 Å². The molecule has 0 heterocycles. The minimum Gasteiger partial charge on any atom is -0.380 e. The molecule has 2 rings (SSSR count). The summed E-state index contributed by atoms with van der Waals surface area (Å²) in [5, 5.41) is 5.69. The molecule has 0 fully saturated rings. The Morgan fingerprint density at radius 3 is 2.50 bits per heavy atom. The number of methoxy groups -OCH3 is 1. The zero-order chi connectivity index (χ0) is 17.4. The Labute approximate surface area is 142 Å². The molecule has 0 spiro atoms. The van der Waals surface area contributed by atoms with E-state index in [0.717, 1.165) is 11.1 Å². The van der Waals surface area contributed by atoms with Gasteiger partial charge in [0, 0.05) is 19.7 Å². The smallest absolute Gasteiger partial charge is 0.226 e. The highest BCUT2D eigenvalue weighted by atomic mass is 16.5. The first-order chi connectivity index (χ1) is 11.6. The summed E-state index contributed by atoms with van der Waals surface area (Å²) in [5.41, 5.74) is 2.59. The molecule has 2 N–H and O–H groups in total. The van der Waals surface area contributed by atoms with Crippen molar-refractivity contribution >= 4 is 17.5 Å². The molecule has 0 bridgehead atoms. The Kier molecular flexibility index (Phi) is 6.51. The molecule has 1 unspecified atom stereocenters. The predicted molar refractivity (Wildman–Crippen MR) is 93.4 cm³/mol. The third kappa shape index (κ3) is 5.52. The Bertz CT molecular complexity index is 686. The second-order valence-corrected chi connectivity index (χ2v) is 5.55. The fourth-order valence-electron chi connectivity index (χ4n) is 2.49. The molecule has 5 heteroatoms. The summed E-state index contributed by atoms with van der Waals surface area (Å²) >= 11 is 0. The van der Waals surface area contributed by atoms with Crippen molar-refractivity contribution < 1.29 is 14.3 Å². The zero-order valence-corrected chi connectivity index (χ0v) is 13.9. The normalized spacial score (nSPS) is 11.6. The fraction of sp³-hybridized carbons (Fsp3) is 0.263. The largest absolute Gasteiger partial charge is 0.380 e. The zero-order valence-electron chi connectivity index (χ0n) is 13.9. The summed E-state index contributed by atoms with van der Waals surface area (Å²) in [6.07, 6.45) is 0.165. The Morgan fingerprint density at radius 2 is 1.83 bits per heavy atom. The van der Waals surface area contributed by atoms with Crippen molar-refractivity contribution in [3.05, 3.63) is 65.7 Å². The van der Waals surface area contributed by atoms with Crippen molar-refractivity contribution in [2.45, 2.75) is 26.0 Å². The number of amides is 2. The van der Waals surface area contributed by atoms with Crippen LogP contribution in [0.4, 0.5) is 5.69 Å². The molecule has 0 aliphatic rings. The number of hydrogen-bond acceptors (Lipinski definition) is 3. The highest BCUT2D eigenvalue weighted by Gasteiger charge is 2.17. The molecule has 126 valence electrons. The van der Waals surface area contributed by atoms with Gasteiger partial charge in [0.1, 0.15) is 0 Å². The summed E-state index contributed by atoms with van der Waals surface area (Å²) in [6, 6.07) is 16.6. The van der Waals surface area contributed by atoms with Gasteiger partial charge in [-0.25, -0.2) is 0 Å². The monoisotopic (exact) mass is 326 g/mol. The first-order valence-corrected chi connectivity index (χ1v) is 7.78. The summed E-state index contributed by atoms with van der Waals surface area (Å²) in [5.74, 6) is -0.328. The van der Waals surface area contributed by atoms with Gasteiger partial charge < -0.3 is 15.4 Å². The molecule has 2 aromatic carbocycles. The van der Waals surface area contributed by atoms with E-state index in [1.807, 2.05) is 54.6 Å². The quantitative estimate of drug-likeness (QED) is 0.822. The van der Waals surface area contributed by atoms with Gasteiger partial charge in [0.05, 0.1) is 19.1 Å². The lowest BCUT2D eigenvalue weighted by atomic mass is 10.0. The minimum atomic E-state index is -0.356. The Hall–Kier alpha value is -2.66. The molecule has 0 aromatic heterocycles. The van der Waals surface area contributed by atoms with Crippen LogP contribution < -0.4 is 10.6 Å². The number of hydrogen-bond donors (Lipinski definition) is 2. The van der Waals surface area contributed by atoms with Crippen LogP contribution in [0.5, 0.6) is 0 Å². The van der Waals surface area contributed by atoms with E-state index in [9.17, 15) is 9.59 Å². The maximum atomic E-state index is 12.4. The van der Waals surface area contributed by atoms with Gasteiger partial charge in [0.15, 0.2) is 0 Å². The van der Waals surface area contributed by atoms with Crippen LogP contribution >= 0.6 is 0 Å². The summed E-state index contributed by atoms with van der Waals surface area (Å²) in [7, 11) is 1.63. The average Bonchev–Trinajstić information content (AvgIpc) is 2.55. The van der Waals surface area contributed by atoms with Gasteiger partial charge in [0.2, 0.25) is 11.8 Å². The molecular weight excluding hydrogens is 304 g/mol. The summed E-state index contributed by atoms with van der Waals surface area (Å²) in [6.45, 7) is 1.93. The Balaban J connectivity index is 2.05. The van der Waals surface area contributed by atoms with Crippen LogP contribution in [0.25, 0.3) is 0 Å². The van der Waals surface area contributed by atoms with Crippen LogP contribution in [-0.4, -0.2) is 18.9 Å². The number of anilines is 1. The standard InChI is InChI=1S/C19H22N2O3/c1-14(22)20-18(16-8-4-3-5-9-16)12-19(23)21-17-10-6-7-15(11-17)13-24-2/h3-11,18H,12-13H2,1-2H3,(H,20,22)(H,21,23). The maximum Gasteiger partial charge on any atom is 0.226 e. The van der Waals surface area contributed by atoms with E-state index < -0.39 is 0 Å². The second-order valence-electron chi connectivity index (χ2n) is 5.55. The highest BCUT2D eigenvalue weighted by Crippen LogP contribution is 2.18. The van der Waals surface area contributed by atoms with Gasteiger partial charge in [-0.15, -0.1) is 0 Å². The van der Waals surface area contributed by atoms with Crippen LogP contribution in [-0.2, 0) is 20.9 Å². The average molecular weight is 326 g/mol. The fourth-order valence-corrected chi connectivity index (χ4v) is 2.49. The number of ether oxygens (including phenoxy) is 1. The van der Waals surface area contributed by atoms with Gasteiger partial charge >= 0.3 is 0 Å². The highest BCUT2D eigenvalue weighted by molar-refractivity contribution is 5.91. The summed E-state index contributed by atoms with van der Waals surface area (Å²) < 4.78 is 5.09. The molecule has 1 atom stereocenters. The first-order valence-electron chi connectivity index (χ1n) is 7.78. The van der Waals surface area contributed by atoms with Crippen LogP contribution in [0.1, 0.15) is 30.5 Å². The van der Waals surface area contributed by atoms with Gasteiger partial charge in [0.25, 0.3) is 0 Å². The predicted octanol–water partition coefficient (Wildman–Crippen LogP) is 3.04. The molecule has 0 aliphatic heterocycles. The summed E-state index contributed by atoms with van der Waals surface area (Å²) in [4.78, 5) is 23.8. The molecule has 2 amide bonds. The lowest BCUT2D eigenvalue weighted by Crippen LogP contribution is -2.29. The molecule has 5 nitrogen and oxygen atoms in total. The minimum absolute atomic E-state index is 0.160. The first kappa shape index (κ1) is 17.7. The van der Waals surface area contributed by atoms with Crippen LogP contribution in [0, 0.1) is 0 Å². The van der Waals surface area contributed by atoms with Gasteiger partial charge in [-0.3, -0.25) is 9.59 Å². The molecule has 0 saturated heterocycles. The number of carbonyl (C=O) groups excluding carboxylic acids is 2. The van der Waals surface area contributed by atoms with Gasteiger partial charge in [-0.1, -0.05) is 42.5 Å². The van der Waals surface area contributed by atoms with Gasteiger partial charge in [-0.2, -0.15) is 0 Å². The van der Waals surface area contributed by atoms with Crippen molar-refractivity contribution in [2.24, 2.45) is 0 Å². The lowest BCUT2D eigenvalue weighted by molar-refractivity contribution is -0.120. The number of nitrogens with one attached hydrogen (secondary N) is 2. The maximum absolute atomic E-state index is 12.4. The van der Waals surface area contributed by atoms with Gasteiger partial charge in [-0.05, 0) is 23.3 Å². The Morgan fingerprint density at radius 1 is 1.08 bits per heavy atom. The molecule has 0 radical (unpaired) electrons. The van der Waals surface area contributed by atoms with Crippen molar-refractivity contribution in [3.63, 3.8) is 0 Å². The van der Waals surface area contributed by atoms with Crippen molar-refractivity contribution in [3.8, 4) is 0 Å². The van der Waals surface area contributed by atoms with Crippen molar-refractivity contribution in [2.75, 3.05) is 12.4 Å². The van der Waals surface area contributed by atoms with E-state index in [2.05, 4.69) is 10.6 Å². The van der Waals surface area contributed by atoms with E-state index in [1.54, 1.807) is 7.11 Å². The number of benzene rings is 2. The molecule has 0 saturated carbocycles. The van der Waals surface area contributed by atoms with E-state index in [1.165, 1.54) is 6.92 Å². The third-order valence-electron chi connectivity index (χ3n) is 3.49. The third-order valence-corrected chi connectivity index (χ3v) is 3.49. The number of rotatable bonds is 7. The van der Waals surface area contributed by atoms with Crippen molar-refractivity contribution in [1.29, 1.82) is 0 Å². The SMILES string of the molecule is COCc1cccc(NC(=O)CC(NC(C)=O)c2ccccc2)c1. The lowest BCUT2D eigenvalue weighted by Gasteiger charge is -2.18. The van der Waals surface area contributed by atoms with E-state index in [4.69, 9.17) is 4.74 Å². The molecule has 2 aromatic rings. The van der Waals surface area contributed by atoms with E-state index in [-0.39, 0.29) is 24.3 Å². The topological polar surface area (TPSA) is 67.4 Å². The van der Waals surface area contributed by atoms with E-state index >= 15 is 0 Å². The molecular formula is C19H22N2O3. The second kappa shape index (κ2) is 8.84. The number of carbonyl (C=O) groups is 2.